The SMILES string of the molecule is OC(CC1CCCC1)C1=COCCC1. The van der Waals surface area contributed by atoms with Crippen molar-refractivity contribution in [1.82, 2.24) is 0 Å². The molecule has 2 nitrogen and oxygen atoms in total. The van der Waals surface area contributed by atoms with Crippen LogP contribution in [-0.4, -0.2) is 17.8 Å². The molecule has 0 aromatic carbocycles. The number of rotatable bonds is 3. The molecule has 1 atom stereocenters. The molecule has 80 valence electrons. The first kappa shape index (κ1) is 10.0. The van der Waals surface area contributed by atoms with Crippen molar-refractivity contribution in [2.24, 2.45) is 5.92 Å². The molecule has 1 aliphatic heterocycles. The van der Waals surface area contributed by atoms with E-state index in [0.29, 0.717) is 0 Å². The second-order valence-electron chi connectivity index (χ2n) is 4.57. The molecule has 1 unspecified atom stereocenters. The molecule has 1 aliphatic carbocycles. The summed E-state index contributed by atoms with van der Waals surface area (Å²) >= 11 is 0. The van der Waals surface area contributed by atoms with E-state index in [1.165, 1.54) is 25.7 Å². The lowest BCUT2D eigenvalue weighted by Crippen LogP contribution is -2.17. The van der Waals surface area contributed by atoms with Gasteiger partial charge in [-0.3, -0.25) is 0 Å². The quantitative estimate of drug-likeness (QED) is 0.752. The molecule has 2 rings (SSSR count). The number of hydrogen-bond donors (Lipinski definition) is 1. The zero-order valence-electron chi connectivity index (χ0n) is 8.74. The molecule has 1 N–H and O–H groups in total. The van der Waals surface area contributed by atoms with Gasteiger partial charge in [-0.05, 0) is 30.8 Å². The molecule has 0 aromatic heterocycles. The lowest BCUT2D eigenvalue weighted by atomic mass is 9.93. The molecular weight excluding hydrogens is 176 g/mol. The smallest absolute Gasteiger partial charge is 0.0876 e. The Bertz CT molecular complexity index is 204. The maximum Gasteiger partial charge on any atom is 0.0876 e. The Hall–Kier alpha value is -0.500. The summed E-state index contributed by atoms with van der Waals surface area (Å²) < 4.78 is 5.25. The van der Waals surface area contributed by atoms with Crippen LogP contribution < -0.4 is 0 Å². The van der Waals surface area contributed by atoms with E-state index < -0.39 is 0 Å². The van der Waals surface area contributed by atoms with Crippen molar-refractivity contribution in [2.45, 2.75) is 51.0 Å². The third-order valence-corrected chi connectivity index (χ3v) is 3.42. The average molecular weight is 196 g/mol. The van der Waals surface area contributed by atoms with Crippen molar-refractivity contribution >= 4 is 0 Å². The number of hydrogen-bond acceptors (Lipinski definition) is 2. The Balaban J connectivity index is 1.81. The molecule has 0 spiro atoms. The summed E-state index contributed by atoms with van der Waals surface area (Å²) in [7, 11) is 0. The Morgan fingerprint density at radius 2 is 2.14 bits per heavy atom. The molecule has 0 aromatic rings. The van der Waals surface area contributed by atoms with Crippen LogP contribution in [0.15, 0.2) is 11.8 Å². The predicted octanol–water partition coefficient (Wildman–Crippen LogP) is 2.62. The second kappa shape index (κ2) is 4.83. The number of aliphatic hydroxyl groups excluding tert-OH is 1. The van der Waals surface area contributed by atoms with Gasteiger partial charge >= 0.3 is 0 Å². The van der Waals surface area contributed by atoms with Gasteiger partial charge in [0.1, 0.15) is 0 Å². The largest absolute Gasteiger partial charge is 0.501 e. The molecule has 2 aliphatic rings. The summed E-state index contributed by atoms with van der Waals surface area (Å²) in [6, 6.07) is 0. The molecule has 2 heteroatoms. The predicted molar refractivity (Wildman–Crippen MR) is 55.9 cm³/mol. The van der Waals surface area contributed by atoms with Crippen LogP contribution in [0.2, 0.25) is 0 Å². The van der Waals surface area contributed by atoms with Crippen LogP contribution in [0.25, 0.3) is 0 Å². The van der Waals surface area contributed by atoms with Gasteiger partial charge in [0.15, 0.2) is 0 Å². The van der Waals surface area contributed by atoms with E-state index >= 15 is 0 Å². The molecule has 1 saturated carbocycles. The van der Waals surface area contributed by atoms with E-state index in [0.717, 1.165) is 37.4 Å². The minimum atomic E-state index is -0.238. The first-order valence-corrected chi connectivity index (χ1v) is 5.85. The lowest BCUT2D eigenvalue weighted by molar-refractivity contribution is 0.147. The Labute approximate surface area is 86.0 Å². The zero-order chi connectivity index (χ0) is 9.80. The molecule has 1 heterocycles. The van der Waals surface area contributed by atoms with Gasteiger partial charge in [0, 0.05) is 0 Å². The minimum Gasteiger partial charge on any atom is -0.501 e. The van der Waals surface area contributed by atoms with Gasteiger partial charge in [0.25, 0.3) is 0 Å². The summed E-state index contributed by atoms with van der Waals surface area (Å²) in [4.78, 5) is 0. The van der Waals surface area contributed by atoms with Crippen molar-refractivity contribution in [2.75, 3.05) is 6.61 Å². The van der Waals surface area contributed by atoms with Gasteiger partial charge in [-0.1, -0.05) is 25.7 Å². The zero-order valence-corrected chi connectivity index (χ0v) is 8.74. The number of aliphatic hydroxyl groups is 1. The Morgan fingerprint density at radius 1 is 1.36 bits per heavy atom. The standard InChI is InChI=1S/C12H20O2/c13-12(8-10-4-1-2-5-10)11-6-3-7-14-9-11/h9-10,12-13H,1-8H2. The van der Waals surface area contributed by atoms with E-state index in [1.54, 1.807) is 6.26 Å². The highest BCUT2D eigenvalue weighted by molar-refractivity contribution is 5.07. The highest BCUT2D eigenvalue weighted by Gasteiger charge is 2.21. The van der Waals surface area contributed by atoms with Gasteiger partial charge in [-0.15, -0.1) is 0 Å². The van der Waals surface area contributed by atoms with Gasteiger partial charge in [-0.2, -0.15) is 0 Å². The fraction of sp³-hybridized carbons (Fsp3) is 0.833. The lowest BCUT2D eigenvalue weighted by Gasteiger charge is -2.21. The van der Waals surface area contributed by atoms with Crippen LogP contribution in [0.3, 0.4) is 0 Å². The average Bonchev–Trinajstić information content (AvgIpc) is 2.72. The molecule has 0 bridgehead atoms. The monoisotopic (exact) mass is 196 g/mol. The van der Waals surface area contributed by atoms with E-state index in [4.69, 9.17) is 4.74 Å². The fourth-order valence-electron chi connectivity index (χ4n) is 2.54. The molecule has 0 saturated heterocycles. The molecule has 1 fully saturated rings. The van der Waals surface area contributed by atoms with Crippen molar-refractivity contribution in [3.63, 3.8) is 0 Å². The van der Waals surface area contributed by atoms with Gasteiger partial charge in [-0.25, -0.2) is 0 Å². The highest BCUT2D eigenvalue weighted by Crippen LogP contribution is 2.31. The van der Waals surface area contributed by atoms with Crippen molar-refractivity contribution in [3.05, 3.63) is 11.8 Å². The summed E-state index contributed by atoms with van der Waals surface area (Å²) in [5.74, 6) is 0.757. The molecule has 0 amide bonds. The van der Waals surface area contributed by atoms with Crippen molar-refractivity contribution in [3.8, 4) is 0 Å². The normalized spacial score (nSPS) is 25.6. The van der Waals surface area contributed by atoms with E-state index in [2.05, 4.69) is 0 Å². The van der Waals surface area contributed by atoms with Crippen LogP contribution in [-0.2, 0) is 4.74 Å². The molecule has 0 radical (unpaired) electrons. The Morgan fingerprint density at radius 3 is 2.79 bits per heavy atom. The summed E-state index contributed by atoms with van der Waals surface area (Å²) in [5, 5.41) is 9.99. The summed E-state index contributed by atoms with van der Waals surface area (Å²) in [6.45, 7) is 0.819. The Kier molecular flexibility index (Phi) is 3.46. The minimum absolute atomic E-state index is 0.238. The van der Waals surface area contributed by atoms with Crippen LogP contribution in [0.1, 0.15) is 44.9 Å². The van der Waals surface area contributed by atoms with Crippen LogP contribution >= 0.6 is 0 Å². The van der Waals surface area contributed by atoms with E-state index in [9.17, 15) is 5.11 Å². The van der Waals surface area contributed by atoms with Crippen LogP contribution in [0.5, 0.6) is 0 Å². The summed E-state index contributed by atoms with van der Waals surface area (Å²) in [5.41, 5.74) is 1.11. The van der Waals surface area contributed by atoms with Crippen LogP contribution in [0, 0.1) is 5.92 Å². The fourth-order valence-corrected chi connectivity index (χ4v) is 2.54. The number of ether oxygens (including phenoxy) is 1. The summed E-state index contributed by atoms with van der Waals surface area (Å²) in [6.07, 6.45) is 9.91. The van der Waals surface area contributed by atoms with Crippen molar-refractivity contribution < 1.29 is 9.84 Å². The van der Waals surface area contributed by atoms with Gasteiger partial charge in [0.05, 0.1) is 19.0 Å². The second-order valence-corrected chi connectivity index (χ2v) is 4.57. The van der Waals surface area contributed by atoms with Crippen LogP contribution in [0.4, 0.5) is 0 Å². The third-order valence-electron chi connectivity index (χ3n) is 3.42. The molecule has 14 heavy (non-hydrogen) atoms. The first-order chi connectivity index (χ1) is 6.86. The van der Waals surface area contributed by atoms with E-state index in [1.807, 2.05) is 0 Å². The van der Waals surface area contributed by atoms with Crippen molar-refractivity contribution in [1.29, 1.82) is 0 Å². The van der Waals surface area contributed by atoms with Gasteiger partial charge < -0.3 is 9.84 Å². The topological polar surface area (TPSA) is 29.5 Å². The molecular formula is C12H20O2. The highest BCUT2D eigenvalue weighted by atomic mass is 16.5. The third kappa shape index (κ3) is 2.50. The van der Waals surface area contributed by atoms with E-state index in [-0.39, 0.29) is 6.10 Å². The maximum absolute atomic E-state index is 9.99. The maximum atomic E-state index is 9.99. The van der Waals surface area contributed by atoms with Gasteiger partial charge in [0.2, 0.25) is 0 Å². The first-order valence-electron chi connectivity index (χ1n) is 5.85.